The molecular weight excluding hydrogens is 411 g/mol. The van der Waals surface area contributed by atoms with Gasteiger partial charge in [0.1, 0.15) is 11.3 Å². The van der Waals surface area contributed by atoms with Crippen molar-refractivity contribution in [1.29, 1.82) is 0 Å². The second kappa shape index (κ2) is 8.02. The highest BCUT2D eigenvalue weighted by Gasteiger charge is 2.30. The lowest BCUT2D eigenvalue weighted by Gasteiger charge is -2.13. The molecule has 31 heavy (non-hydrogen) atoms. The number of ether oxygens (including phenoxy) is 1. The number of hydrogen-bond donors (Lipinski definition) is 2. The monoisotopic (exact) mass is 427 g/mol. The summed E-state index contributed by atoms with van der Waals surface area (Å²) in [7, 11) is 1.43. The number of carbonyl (C=O) groups is 1. The summed E-state index contributed by atoms with van der Waals surface area (Å²) < 4.78 is 49.6. The predicted octanol–water partition coefficient (Wildman–Crippen LogP) is 6.17. The fourth-order valence-electron chi connectivity index (χ4n) is 2.99. The maximum absolute atomic E-state index is 12.9. The minimum atomic E-state index is -4.51. The fraction of sp³-hybridized carbons (Fsp3) is 0.0909. The first-order valence-electron chi connectivity index (χ1n) is 9.13. The van der Waals surface area contributed by atoms with Crippen LogP contribution in [0.5, 0.6) is 5.75 Å². The third-order valence-corrected chi connectivity index (χ3v) is 4.44. The topological polar surface area (TPSA) is 76.4 Å². The van der Waals surface area contributed by atoms with Gasteiger partial charge in [0.25, 0.3) is 0 Å². The largest absolute Gasteiger partial charge is 0.495 e. The molecule has 6 nitrogen and oxygen atoms in total. The third kappa shape index (κ3) is 4.45. The zero-order valence-corrected chi connectivity index (χ0v) is 16.2. The van der Waals surface area contributed by atoms with E-state index in [9.17, 15) is 18.0 Å². The number of para-hydroxylation sites is 2. The average Bonchev–Trinajstić information content (AvgIpc) is 3.17. The van der Waals surface area contributed by atoms with E-state index in [0.717, 1.165) is 12.1 Å². The Morgan fingerprint density at radius 2 is 1.81 bits per heavy atom. The van der Waals surface area contributed by atoms with E-state index in [0.29, 0.717) is 34.0 Å². The number of benzene rings is 3. The van der Waals surface area contributed by atoms with Crippen molar-refractivity contribution in [3.05, 3.63) is 72.3 Å². The van der Waals surface area contributed by atoms with Crippen LogP contribution in [0.1, 0.15) is 5.56 Å². The van der Waals surface area contributed by atoms with Gasteiger partial charge in [-0.15, -0.1) is 0 Å². The highest BCUT2D eigenvalue weighted by Crippen LogP contribution is 2.33. The average molecular weight is 427 g/mol. The van der Waals surface area contributed by atoms with Crippen molar-refractivity contribution in [3.8, 4) is 17.2 Å². The normalized spacial score (nSPS) is 11.4. The summed E-state index contributed by atoms with van der Waals surface area (Å²) in [6.45, 7) is 0. The number of fused-ring (bicyclic) bond motifs is 1. The molecule has 0 radical (unpaired) electrons. The molecule has 4 rings (SSSR count). The lowest BCUT2D eigenvalue weighted by molar-refractivity contribution is -0.137. The molecule has 0 aliphatic heterocycles. The van der Waals surface area contributed by atoms with Crippen LogP contribution >= 0.6 is 0 Å². The van der Waals surface area contributed by atoms with Crippen LogP contribution in [0.25, 0.3) is 22.6 Å². The van der Waals surface area contributed by atoms with Gasteiger partial charge < -0.3 is 19.8 Å². The Balaban J connectivity index is 1.57. The Morgan fingerprint density at radius 1 is 1.00 bits per heavy atom. The van der Waals surface area contributed by atoms with Gasteiger partial charge in [0.05, 0.1) is 18.4 Å². The molecule has 4 aromatic rings. The van der Waals surface area contributed by atoms with Crippen molar-refractivity contribution >= 4 is 28.5 Å². The molecule has 1 heterocycles. The molecule has 0 aliphatic rings. The predicted molar refractivity (Wildman–Crippen MR) is 110 cm³/mol. The SMILES string of the molecule is COc1ccc(-c2nc3ccccc3o2)cc1NC(=O)Nc1cccc(C(F)(F)F)c1. The highest BCUT2D eigenvalue weighted by molar-refractivity contribution is 6.01. The quantitative estimate of drug-likeness (QED) is 0.409. The first-order valence-corrected chi connectivity index (χ1v) is 9.13. The van der Waals surface area contributed by atoms with Crippen LogP contribution in [0.15, 0.2) is 71.1 Å². The molecule has 1 aromatic heterocycles. The van der Waals surface area contributed by atoms with Gasteiger partial charge in [-0.2, -0.15) is 13.2 Å². The van der Waals surface area contributed by atoms with E-state index in [1.807, 2.05) is 18.2 Å². The Hall–Kier alpha value is -4.01. The molecule has 0 spiro atoms. The summed E-state index contributed by atoms with van der Waals surface area (Å²) in [5.41, 5.74) is 1.33. The number of hydrogen-bond acceptors (Lipinski definition) is 4. The van der Waals surface area contributed by atoms with Crippen molar-refractivity contribution in [2.45, 2.75) is 6.18 Å². The molecule has 0 bridgehead atoms. The minimum absolute atomic E-state index is 0.00129. The number of urea groups is 1. The van der Waals surface area contributed by atoms with E-state index < -0.39 is 17.8 Å². The van der Waals surface area contributed by atoms with Crippen LogP contribution in [0.4, 0.5) is 29.3 Å². The van der Waals surface area contributed by atoms with E-state index in [-0.39, 0.29) is 5.69 Å². The van der Waals surface area contributed by atoms with Gasteiger partial charge in [0.15, 0.2) is 5.58 Å². The van der Waals surface area contributed by atoms with E-state index >= 15 is 0 Å². The number of carbonyl (C=O) groups excluding carboxylic acids is 1. The lowest BCUT2D eigenvalue weighted by Crippen LogP contribution is -2.20. The summed E-state index contributed by atoms with van der Waals surface area (Å²) in [6.07, 6.45) is -4.51. The molecule has 0 unspecified atom stereocenters. The van der Waals surface area contributed by atoms with Crippen LogP contribution in [-0.4, -0.2) is 18.1 Å². The second-order valence-electron chi connectivity index (χ2n) is 6.56. The van der Waals surface area contributed by atoms with Gasteiger partial charge in [-0.3, -0.25) is 0 Å². The standard InChI is InChI=1S/C22H16F3N3O3/c1-30-18-10-9-13(20-27-16-7-2-3-8-19(16)31-20)11-17(18)28-21(29)26-15-6-4-5-14(12-15)22(23,24)25/h2-12H,1H3,(H2,26,28,29). The molecule has 3 aromatic carbocycles. The van der Waals surface area contributed by atoms with Gasteiger partial charge in [-0.25, -0.2) is 9.78 Å². The van der Waals surface area contributed by atoms with Gasteiger partial charge in [-0.1, -0.05) is 18.2 Å². The number of aromatic nitrogens is 1. The number of nitrogens with zero attached hydrogens (tertiary/aromatic N) is 1. The van der Waals surface area contributed by atoms with Crippen LogP contribution < -0.4 is 15.4 Å². The summed E-state index contributed by atoms with van der Waals surface area (Å²) in [6, 6.07) is 15.9. The van der Waals surface area contributed by atoms with Crippen LogP contribution in [0.2, 0.25) is 0 Å². The van der Waals surface area contributed by atoms with Crippen molar-refractivity contribution in [2.75, 3.05) is 17.7 Å². The van der Waals surface area contributed by atoms with Gasteiger partial charge in [-0.05, 0) is 48.5 Å². The smallest absolute Gasteiger partial charge is 0.416 e. The van der Waals surface area contributed by atoms with Crippen LogP contribution in [0.3, 0.4) is 0 Å². The molecule has 2 amide bonds. The maximum Gasteiger partial charge on any atom is 0.416 e. The fourth-order valence-corrected chi connectivity index (χ4v) is 2.99. The maximum atomic E-state index is 12.9. The Morgan fingerprint density at radius 3 is 2.55 bits per heavy atom. The number of anilines is 2. The number of rotatable bonds is 4. The Labute approximate surface area is 174 Å². The zero-order valence-electron chi connectivity index (χ0n) is 16.2. The number of halogens is 3. The summed E-state index contributed by atoms with van der Waals surface area (Å²) in [4.78, 5) is 16.8. The second-order valence-corrected chi connectivity index (χ2v) is 6.56. The molecule has 0 atom stereocenters. The molecule has 0 saturated carbocycles. The van der Waals surface area contributed by atoms with E-state index in [1.54, 1.807) is 24.3 Å². The molecular formula is C22H16F3N3O3. The number of nitrogens with one attached hydrogen (secondary N) is 2. The van der Waals surface area contributed by atoms with Crippen molar-refractivity contribution < 1.29 is 27.1 Å². The van der Waals surface area contributed by atoms with Crippen molar-refractivity contribution in [2.24, 2.45) is 0 Å². The van der Waals surface area contributed by atoms with Gasteiger partial charge >= 0.3 is 12.2 Å². The number of amides is 2. The Bertz CT molecular complexity index is 1220. The van der Waals surface area contributed by atoms with E-state index in [1.165, 1.54) is 19.2 Å². The molecule has 2 N–H and O–H groups in total. The highest BCUT2D eigenvalue weighted by atomic mass is 19.4. The molecule has 0 fully saturated rings. The van der Waals surface area contributed by atoms with E-state index in [4.69, 9.17) is 9.15 Å². The summed E-state index contributed by atoms with van der Waals surface area (Å²) in [5, 5.41) is 4.98. The number of oxazole rings is 1. The van der Waals surface area contributed by atoms with Crippen LogP contribution in [0, 0.1) is 0 Å². The zero-order chi connectivity index (χ0) is 22.0. The lowest BCUT2D eigenvalue weighted by atomic mass is 10.2. The molecule has 0 aliphatic carbocycles. The number of alkyl halides is 3. The Kier molecular flexibility index (Phi) is 5.24. The van der Waals surface area contributed by atoms with Gasteiger partial charge in [0, 0.05) is 11.3 Å². The minimum Gasteiger partial charge on any atom is -0.495 e. The molecule has 0 saturated heterocycles. The van der Waals surface area contributed by atoms with Crippen molar-refractivity contribution in [3.63, 3.8) is 0 Å². The van der Waals surface area contributed by atoms with Crippen LogP contribution in [-0.2, 0) is 6.18 Å². The summed E-state index contributed by atoms with van der Waals surface area (Å²) >= 11 is 0. The number of methoxy groups -OCH3 is 1. The van der Waals surface area contributed by atoms with Gasteiger partial charge in [0.2, 0.25) is 5.89 Å². The first kappa shape index (κ1) is 20.3. The molecule has 9 heteroatoms. The third-order valence-electron chi connectivity index (χ3n) is 4.44. The first-order chi connectivity index (χ1) is 14.8. The molecule has 158 valence electrons. The van der Waals surface area contributed by atoms with E-state index in [2.05, 4.69) is 15.6 Å². The van der Waals surface area contributed by atoms with Crippen molar-refractivity contribution in [1.82, 2.24) is 4.98 Å². The summed E-state index contributed by atoms with van der Waals surface area (Å²) in [5.74, 6) is 0.712.